The molecule has 0 bridgehead atoms. The van der Waals surface area contributed by atoms with Crippen LogP contribution < -0.4 is 0 Å². The summed E-state index contributed by atoms with van der Waals surface area (Å²) in [6.45, 7) is 3.95. The highest BCUT2D eigenvalue weighted by Gasteiger charge is 2.64. The monoisotopic (exact) mass is 150 g/mol. The first-order valence-electron chi connectivity index (χ1n) is 3.81. The van der Waals surface area contributed by atoms with E-state index >= 15 is 0 Å². The molecule has 58 valence electrons. The molecule has 0 unspecified atom stereocenters. The van der Waals surface area contributed by atoms with Crippen LogP contribution >= 0.6 is 0 Å². The first-order chi connectivity index (χ1) is 5.05. The molecule has 0 aromatic heterocycles. The SMILES string of the molecule is CC1(C)[C@@H]2C(=O)C=CC(=O)[C@@H]21. The zero-order valence-corrected chi connectivity index (χ0v) is 6.63. The topological polar surface area (TPSA) is 34.1 Å². The van der Waals surface area contributed by atoms with E-state index < -0.39 is 0 Å². The van der Waals surface area contributed by atoms with Gasteiger partial charge in [-0.15, -0.1) is 0 Å². The Morgan fingerprint density at radius 3 is 1.82 bits per heavy atom. The summed E-state index contributed by atoms with van der Waals surface area (Å²) in [6, 6.07) is 0. The predicted octanol–water partition coefficient (Wildman–Crippen LogP) is 0.967. The highest BCUT2D eigenvalue weighted by Crippen LogP contribution is 2.60. The highest BCUT2D eigenvalue weighted by molar-refractivity contribution is 6.11. The van der Waals surface area contributed by atoms with Crippen molar-refractivity contribution < 1.29 is 9.59 Å². The Kier molecular flexibility index (Phi) is 1.00. The number of fused-ring (bicyclic) bond motifs is 1. The predicted molar refractivity (Wildman–Crippen MR) is 39.9 cm³/mol. The van der Waals surface area contributed by atoms with Gasteiger partial charge in [0.05, 0.1) is 0 Å². The maximum absolute atomic E-state index is 11.2. The van der Waals surface area contributed by atoms with Gasteiger partial charge >= 0.3 is 0 Å². The maximum atomic E-state index is 11.2. The second kappa shape index (κ2) is 1.63. The molecule has 2 aliphatic rings. The molecule has 2 heteroatoms. The van der Waals surface area contributed by atoms with Crippen LogP contribution in [0.25, 0.3) is 0 Å². The first kappa shape index (κ1) is 6.77. The lowest BCUT2D eigenvalue weighted by molar-refractivity contribution is -0.121. The fraction of sp³-hybridized carbons (Fsp3) is 0.556. The van der Waals surface area contributed by atoms with E-state index in [0.29, 0.717) is 0 Å². The lowest BCUT2D eigenvalue weighted by Crippen LogP contribution is -2.09. The van der Waals surface area contributed by atoms with Crippen molar-refractivity contribution in [3.05, 3.63) is 12.2 Å². The molecular weight excluding hydrogens is 140 g/mol. The molecular formula is C9H10O2. The van der Waals surface area contributed by atoms with Crippen molar-refractivity contribution in [3.8, 4) is 0 Å². The van der Waals surface area contributed by atoms with Crippen LogP contribution in [0.1, 0.15) is 13.8 Å². The molecule has 1 saturated carbocycles. The van der Waals surface area contributed by atoms with Crippen molar-refractivity contribution in [1.29, 1.82) is 0 Å². The van der Waals surface area contributed by atoms with E-state index in [1.807, 2.05) is 13.8 Å². The van der Waals surface area contributed by atoms with Crippen LogP contribution in [-0.4, -0.2) is 11.6 Å². The summed E-state index contributed by atoms with van der Waals surface area (Å²) >= 11 is 0. The van der Waals surface area contributed by atoms with Gasteiger partial charge in [-0.1, -0.05) is 13.8 Å². The van der Waals surface area contributed by atoms with Crippen LogP contribution in [0.2, 0.25) is 0 Å². The summed E-state index contributed by atoms with van der Waals surface area (Å²) in [6.07, 6.45) is 2.83. The molecule has 0 radical (unpaired) electrons. The average molecular weight is 150 g/mol. The molecule has 0 N–H and O–H groups in total. The van der Waals surface area contributed by atoms with Gasteiger partial charge in [0.1, 0.15) is 0 Å². The van der Waals surface area contributed by atoms with E-state index in [1.165, 1.54) is 12.2 Å². The lowest BCUT2D eigenvalue weighted by atomic mass is 10.1. The highest BCUT2D eigenvalue weighted by atomic mass is 16.1. The lowest BCUT2D eigenvalue weighted by Gasteiger charge is -1.96. The zero-order valence-electron chi connectivity index (χ0n) is 6.63. The normalized spacial score (nSPS) is 38.7. The molecule has 0 saturated heterocycles. The van der Waals surface area contributed by atoms with Crippen LogP contribution in [0.5, 0.6) is 0 Å². The Hall–Kier alpha value is -0.920. The average Bonchev–Trinajstić information content (AvgIpc) is 2.47. The summed E-state index contributed by atoms with van der Waals surface area (Å²) in [7, 11) is 0. The van der Waals surface area contributed by atoms with E-state index in [2.05, 4.69) is 0 Å². The van der Waals surface area contributed by atoms with Crippen LogP contribution in [0.3, 0.4) is 0 Å². The Morgan fingerprint density at radius 2 is 1.45 bits per heavy atom. The Balaban J connectivity index is 2.39. The van der Waals surface area contributed by atoms with Crippen molar-refractivity contribution in [1.82, 2.24) is 0 Å². The van der Waals surface area contributed by atoms with Crippen molar-refractivity contribution in [2.45, 2.75) is 13.8 Å². The van der Waals surface area contributed by atoms with Gasteiger partial charge in [-0.3, -0.25) is 9.59 Å². The summed E-state index contributed by atoms with van der Waals surface area (Å²) in [5.74, 6) is 0.221. The largest absolute Gasteiger partial charge is 0.294 e. The molecule has 0 aliphatic heterocycles. The Labute approximate surface area is 65.3 Å². The molecule has 0 aromatic carbocycles. The Morgan fingerprint density at radius 1 is 1.09 bits per heavy atom. The van der Waals surface area contributed by atoms with Gasteiger partial charge in [0, 0.05) is 11.8 Å². The van der Waals surface area contributed by atoms with E-state index in [0.717, 1.165) is 0 Å². The zero-order chi connectivity index (χ0) is 8.22. The van der Waals surface area contributed by atoms with E-state index in [9.17, 15) is 9.59 Å². The van der Waals surface area contributed by atoms with Gasteiger partial charge < -0.3 is 0 Å². The third kappa shape index (κ3) is 0.669. The number of allylic oxidation sites excluding steroid dienone is 2. The molecule has 2 atom stereocenters. The number of carbonyl (C=O) groups is 2. The van der Waals surface area contributed by atoms with Gasteiger partial charge in [0.15, 0.2) is 11.6 Å². The Bertz CT molecular complexity index is 247. The molecule has 2 nitrogen and oxygen atoms in total. The number of ketones is 2. The smallest absolute Gasteiger partial charge is 0.160 e. The minimum absolute atomic E-state index is 0.0139. The number of hydrogen-bond donors (Lipinski definition) is 0. The third-order valence-electron chi connectivity index (χ3n) is 2.85. The van der Waals surface area contributed by atoms with Gasteiger partial charge in [-0.2, -0.15) is 0 Å². The first-order valence-corrected chi connectivity index (χ1v) is 3.81. The molecule has 0 spiro atoms. The van der Waals surface area contributed by atoms with E-state index in [-0.39, 0.29) is 28.8 Å². The summed E-state index contributed by atoms with van der Waals surface area (Å²) < 4.78 is 0. The van der Waals surface area contributed by atoms with Crippen molar-refractivity contribution in [3.63, 3.8) is 0 Å². The fourth-order valence-corrected chi connectivity index (χ4v) is 2.07. The minimum Gasteiger partial charge on any atom is -0.294 e. The minimum atomic E-state index is -0.0718. The van der Waals surface area contributed by atoms with Gasteiger partial charge in [0.25, 0.3) is 0 Å². The molecule has 0 aromatic rings. The molecule has 0 amide bonds. The van der Waals surface area contributed by atoms with Crippen LogP contribution in [-0.2, 0) is 9.59 Å². The second-order valence-electron chi connectivity index (χ2n) is 3.91. The molecule has 2 aliphatic carbocycles. The summed E-state index contributed by atoms with van der Waals surface area (Å²) in [4.78, 5) is 22.3. The number of rotatable bonds is 0. The van der Waals surface area contributed by atoms with Crippen molar-refractivity contribution >= 4 is 11.6 Å². The van der Waals surface area contributed by atoms with Crippen LogP contribution in [0.4, 0.5) is 0 Å². The van der Waals surface area contributed by atoms with Gasteiger partial charge in [0.2, 0.25) is 0 Å². The standard InChI is InChI=1S/C9H10O2/c1-9(2)7-5(10)3-4-6(11)8(7)9/h3-4,7-8H,1-2H3/t7-,8+. The number of carbonyl (C=O) groups excluding carboxylic acids is 2. The van der Waals surface area contributed by atoms with Gasteiger partial charge in [-0.25, -0.2) is 0 Å². The van der Waals surface area contributed by atoms with Crippen molar-refractivity contribution in [2.75, 3.05) is 0 Å². The molecule has 1 fully saturated rings. The fourth-order valence-electron chi connectivity index (χ4n) is 2.07. The number of hydrogen-bond acceptors (Lipinski definition) is 2. The quantitative estimate of drug-likeness (QED) is 0.515. The second-order valence-corrected chi connectivity index (χ2v) is 3.91. The molecule has 11 heavy (non-hydrogen) atoms. The maximum Gasteiger partial charge on any atom is 0.160 e. The van der Waals surface area contributed by atoms with E-state index in [1.54, 1.807) is 0 Å². The van der Waals surface area contributed by atoms with Gasteiger partial charge in [-0.05, 0) is 17.6 Å². The van der Waals surface area contributed by atoms with Crippen LogP contribution in [0, 0.1) is 17.3 Å². The summed E-state index contributed by atoms with van der Waals surface area (Å²) in [5, 5.41) is 0. The van der Waals surface area contributed by atoms with Crippen LogP contribution in [0.15, 0.2) is 12.2 Å². The molecule has 0 heterocycles. The third-order valence-corrected chi connectivity index (χ3v) is 2.85. The van der Waals surface area contributed by atoms with Crippen molar-refractivity contribution in [2.24, 2.45) is 17.3 Å². The van der Waals surface area contributed by atoms with E-state index in [4.69, 9.17) is 0 Å². The summed E-state index contributed by atoms with van der Waals surface area (Å²) in [5.41, 5.74) is -0.0718. The molecule has 2 rings (SSSR count).